The molecule has 0 bridgehead atoms. The third kappa shape index (κ3) is 5.48. The Kier molecular flexibility index (Phi) is 8.06. The molecule has 23 heavy (non-hydrogen) atoms. The third-order valence-corrected chi connectivity index (χ3v) is 5.70. The topological polar surface area (TPSA) is 78.5 Å². The molecule has 0 radical (unpaired) electrons. The molecule has 130 valence electrons. The maximum absolute atomic E-state index is 12.2. The standard InChI is InChI=1S/C13H17Cl2N3O3S.ClH/c14-10-2-1-3-11(15)13(10)22(20,21)17-5-4-12(19)18-8-6-16-7-9-18;/h1-3,16-17H,4-9H2;1H. The number of halogens is 3. The minimum absolute atomic E-state index is 0. The first-order valence-corrected chi connectivity index (χ1v) is 9.08. The van der Waals surface area contributed by atoms with Crippen LogP contribution in [0.3, 0.4) is 0 Å². The molecule has 0 unspecified atom stereocenters. The molecule has 10 heteroatoms. The van der Waals surface area contributed by atoms with Crippen LogP contribution >= 0.6 is 35.6 Å². The van der Waals surface area contributed by atoms with Crippen molar-refractivity contribution in [2.75, 3.05) is 32.7 Å². The van der Waals surface area contributed by atoms with Gasteiger partial charge in [-0.2, -0.15) is 0 Å². The van der Waals surface area contributed by atoms with E-state index >= 15 is 0 Å². The van der Waals surface area contributed by atoms with Gasteiger partial charge in [-0.3, -0.25) is 4.79 Å². The predicted molar refractivity (Wildman–Crippen MR) is 93.0 cm³/mol. The first-order valence-electron chi connectivity index (χ1n) is 6.84. The van der Waals surface area contributed by atoms with E-state index in [0.717, 1.165) is 13.1 Å². The molecule has 1 heterocycles. The number of carbonyl (C=O) groups is 1. The Morgan fingerprint density at radius 1 is 1.22 bits per heavy atom. The van der Waals surface area contributed by atoms with E-state index in [0.29, 0.717) is 13.1 Å². The van der Waals surface area contributed by atoms with Crippen LogP contribution in [0.15, 0.2) is 23.1 Å². The first-order chi connectivity index (χ1) is 10.4. The minimum atomic E-state index is -3.84. The van der Waals surface area contributed by atoms with Gasteiger partial charge in [0.15, 0.2) is 0 Å². The van der Waals surface area contributed by atoms with E-state index in [9.17, 15) is 13.2 Å². The van der Waals surface area contributed by atoms with Gasteiger partial charge in [0.1, 0.15) is 4.90 Å². The fourth-order valence-corrected chi connectivity index (χ4v) is 4.35. The normalized spacial score (nSPS) is 15.1. The van der Waals surface area contributed by atoms with E-state index in [1.54, 1.807) is 11.0 Å². The van der Waals surface area contributed by atoms with Gasteiger partial charge in [0.05, 0.1) is 10.0 Å². The molecule has 0 spiro atoms. The molecule has 0 aliphatic carbocycles. The average molecular weight is 403 g/mol. The SMILES string of the molecule is Cl.O=C(CCNS(=O)(=O)c1c(Cl)cccc1Cl)N1CCNCC1. The molecular formula is C13H18Cl3N3O3S. The summed E-state index contributed by atoms with van der Waals surface area (Å²) < 4.78 is 26.8. The number of piperazine rings is 1. The lowest BCUT2D eigenvalue weighted by Gasteiger charge is -2.27. The van der Waals surface area contributed by atoms with E-state index in [4.69, 9.17) is 23.2 Å². The van der Waals surface area contributed by atoms with Gasteiger partial charge < -0.3 is 10.2 Å². The predicted octanol–water partition coefficient (Wildman–Crippen LogP) is 1.52. The second-order valence-electron chi connectivity index (χ2n) is 4.83. The zero-order valence-electron chi connectivity index (χ0n) is 12.2. The molecule has 2 N–H and O–H groups in total. The Labute approximate surface area is 152 Å². The smallest absolute Gasteiger partial charge is 0.243 e. The zero-order chi connectivity index (χ0) is 16.2. The summed E-state index contributed by atoms with van der Waals surface area (Å²) in [7, 11) is -3.84. The Morgan fingerprint density at radius 2 is 1.78 bits per heavy atom. The van der Waals surface area contributed by atoms with E-state index in [2.05, 4.69) is 10.0 Å². The Bertz CT molecular complexity index is 629. The quantitative estimate of drug-likeness (QED) is 0.782. The van der Waals surface area contributed by atoms with E-state index in [1.165, 1.54) is 12.1 Å². The maximum Gasteiger partial charge on any atom is 0.243 e. The lowest BCUT2D eigenvalue weighted by Crippen LogP contribution is -2.47. The summed E-state index contributed by atoms with van der Waals surface area (Å²) >= 11 is 11.8. The van der Waals surface area contributed by atoms with Crippen LogP contribution in [-0.4, -0.2) is 51.9 Å². The van der Waals surface area contributed by atoms with Gasteiger partial charge in [-0.1, -0.05) is 29.3 Å². The molecule has 6 nitrogen and oxygen atoms in total. The van der Waals surface area contributed by atoms with Crippen molar-refractivity contribution in [1.29, 1.82) is 0 Å². The molecule has 0 atom stereocenters. The second kappa shape index (κ2) is 9.05. The van der Waals surface area contributed by atoms with Crippen LogP contribution in [0.1, 0.15) is 6.42 Å². The molecule has 1 fully saturated rings. The number of amides is 1. The Morgan fingerprint density at radius 3 is 2.35 bits per heavy atom. The molecule has 0 saturated carbocycles. The molecule has 1 aromatic carbocycles. The van der Waals surface area contributed by atoms with Crippen molar-refractivity contribution in [2.24, 2.45) is 0 Å². The fraction of sp³-hybridized carbons (Fsp3) is 0.462. The van der Waals surface area contributed by atoms with Gasteiger partial charge in [0, 0.05) is 39.1 Å². The van der Waals surface area contributed by atoms with Crippen molar-refractivity contribution >= 4 is 51.5 Å². The highest BCUT2D eigenvalue weighted by atomic mass is 35.5. The van der Waals surface area contributed by atoms with Gasteiger partial charge >= 0.3 is 0 Å². The fourth-order valence-electron chi connectivity index (χ4n) is 2.18. The van der Waals surface area contributed by atoms with Crippen LogP contribution in [0.2, 0.25) is 10.0 Å². The van der Waals surface area contributed by atoms with E-state index in [1.807, 2.05) is 0 Å². The van der Waals surface area contributed by atoms with Crippen LogP contribution in [0.25, 0.3) is 0 Å². The zero-order valence-corrected chi connectivity index (χ0v) is 15.4. The van der Waals surface area contributed by atoms with Crippen molar-refractivity contribution in [3.05, 3.63) is 28.2 Å². The van der Waals surface area contributed by atoms with Gasteiger partial charge in [-0.05, 0) is 12.1 Å². The van der Waals surface area contributed by atoms with Crippen molar-refractivity contribution in [2.45, 2.75) is 11.3 Å². The summed E-state index contributed by atoms with van der Waals surface area (Å²) in [5, 5.41) is 3.25. The number of hydrogen-bond acceptors (Lipinski definition) is 4. The molecule has 2 rings (SSSR count). The van der Waals surface area contributed by atoms with Crippen molar-refractivity contribution < 1.29 is 13.2 Å². The molecule has 1 aliphatic heterocycles. The molecule has 1 aliphatic rings. The molecule has 1 amide bonds. The first kappa shape index (κ1) is 20.5. The van der Waals surface area contributed by atoms with E-state index in [-0.39, 0.29) is 46.2 Å². The summed E-state index contributed by atoms with van der Waals surface area (Å²) in [6.07, 6.45) is 0.0985. The largest absolute Gasteiger partial charge is 0.340 e. The highest BCUT2D eigenvalue weighted by molar-refractivity contribution is 7.89. The number of nitrogens with zero attached hydrogens (tertiary/aromatic N) is 1. The monoisotopic (exact) mass is 401 g/mol. The average Bonchev–Trinajstić information content (AvgIpc) is 2.47. The molecule has 1 saturated heterocycles. The van der Waals surface area contributed by atoms with Gasteiger partial charge in [0.25, 0.3) is 0 Å². The molecular weight excluding hydrogens is 385 g/mol. The van der Waals surface area contributed by atoms with Crippen molar-refractivity contribution in [3.8, 4) is 0 Å². The summed E-state index contributed by atoms with van der Waals surface area (Å²) in [4.78, 5) is 13.5. The van der Waals surface area contributed by atoms with Gasteiger partial charge in [-0.15, -0.1) is 12.4 Å². The number of rotatable bonds is 5. The lowest BCUT2D eigenvalue weighted by atomic mass is 10.3. The van der Waals surface area contributed by atoms with Crippen molar-refractivity contribution in [1.82, 2.24) is 14.9 Å². The number of carbonyl (C=O) groups excluding carboxylic acids is 1. The Balaban J connectivity index is 0.00000264. The lowest BCUT2D eigenvalue weighted by molar-refractivity contribution is -0.131. The van der Waals surface area contributed by atoms with Crippen LogP contribution in [-0.2, 0) is 14.8 Å². The van der Waals surface area contributed by atoms with Gasteiger partial charge in [-0.25, -0.2) is 13.1 Å². The van der Waals surface area contributed by atoms with Gasteiger partial charge in [0.2, 0.25) is 15.9 Å². The molecule has 0 aromatic heterocycles. The highest BCUT2D eigenvalue weighted by Gasteiger charge is 2.22. The second-order valence-corrected chi connectivity index (χ2v) is 7.35. The van der Waals surface area contributed by atoms with E-state index < -0.39 is 10.0 Å². The Hall–Kier alpha value is -0.570. The summed E-state index contributed by atoms with van der Waals surface area (Å²) in [6.45, 7) is 2.80. The highest BCUT2D eigenvalue weighted by Crippen LogP contribution is 2.28. The number of sulfonamides is 1. The van der Waals surface area contributed by atoms with Crippen LogP contribution in [0.4, 0.5) is 0 Å². The summed E-state index contributed by atoms with van der Waals surface area (Å²) in [5.41, 5.74) is 0. The van der Waals surface area contributed by atoms with Crippen molar-refractivity contribution in [3.63, 3.8) is 0 Å². The third-order valence-electron chi connectivity index (χ3n) is 3.29. The number of benzene rings is 1. The number of hydrogen-bond donors (Lipinski definition) is 2. The summed E-state index contributed by atoms with van der Waals surface area (Å²) in [5.74, 6) is -0.0746. The van der Waals surface area contributed by atoms with Crippen LogP contribution < -0.4 is 10.0 Å². The minimum Gasteiger partial charge on any atom is -0.340 e. The maximum atomic E-state index is 12.2. The number of nitrogens with one attached hydrogen (secondary N) is 2. The van der Waals surface area contributed by atoms with Crippen LogP contribution in [0.5, 0.6) is 0 Å². The molecule has 1 aromatic rings. The van der Waals surface area contributed by atoms with Crippen LogP contribution in [0, 0.1) is 0 Å². The summed E-state index contributed by atoms with van der Waals surface area (Å²) in [6, 6.07) is 4.47.